The van der Waals surface area contributed by atoms with Gasteiger partial charge < -0.3 is 0 Å². The Kier molecular flexibility index (Phi) is 5.53. The lowest BCUT2D eigenvalue weighted by molar-refractivity contribution is 0.552. The Balaban J connectivity index is 2.44. The lowest BCUT2D eigenvalue weighted by atomic mass is 9.79. The molecule has 4 heteroatoms. The predicted molar refractivity (Wildman–Crippen MR) is 93.5 cm³/mol. The summed E-state index contributed by atoms with van der Waals surface area (Å²) in [6, 6.07) is 10.6. The van der Waals surface area contributed by atoms with Gasteiger partial charge in [-0.2, -0.15) is 0 Å². The summed E-state index contributed by atoms with van der Waals surface area (Å²) in [6.07, 6.45) is 0.949. The predicted octanol–water partition coefficient (Wildman–Crippen LogP) is 5.98. The maximum Gasteiger partial charge on any atom is 0.0545 e. The van der Waals surface area contributed by atoms with E-state index in [9.17, 15) is 0 Å². The first-order chi connectivity index (χ1) is 9.13. The fraction of sp³-hybridized carbons (Fsp3) is 0.333. The molecule has 1 aromatic carbocycles. The van der Waals surface area contributed by atoms with Crippen LogP contribution in [0.1, 0.15) is 16.0 Å². The Morgan fingerprint density at radius 2 is 1.84 bits per heavy atom. The fourth-order valence-corrected chi connectivity index (χ4v) is 5.47. The van der Waals surface area contributed by atoms with Gasteiger partial charge in [0.15, 0.2) is 0 Å². The van der Waals surface area contributed by atoms with Crippen molar-refractivity contribution in [1.29, 1.82) is 0 Å². The van der Waals surface area contributed by atoms with Gasteiger partial charge in [0.2, 0.25) is 0 Å². The summed E-state index contributed by atoms with van der Waals surface area (Å²) >= 11 is 15.4. The third-order valence-corrected chi connectivity index (χ3v) is 6.95. The van der Waals surface area contributed by atoms with E-state index in [1.54, 1.807) is 11.3 Å². The van der Waals surface area contributed by atoms with Crippen molar-refractivity contribution in [2.45, 2.75) is 18.8 Å². The van der Waals surface area contributed by atoms with Crippen molar-refractivity contribution >= 4 is 54.8 Å². The van der Waals surface area contributed by atoms with Crippen LogP contribution < -0.4 is 0 Å². The number of hydrogen-bond donors (Lipinski definition) is 0. The highest BCUT2D eigenvalue weighted by Gasteiger charge is 2.32. The molecule has 0 saturated heterocycles. The van der Waals surface area contributed by atoms with Gasteiger partial charge >= 0.3 is 0 Å². The Hall–Kier alpha value is 0.170. The molecule has 0 fully saturated rings. The monoisotopic (exact) mass is 420 g/mol. The van der Waals surface area contributed by atoms with Crippen molar-refractivity contribution < 1.29 is 0 Å². The molecule has 1 heterocycles. The van der Waals surface area contributed by atoms with E-state index in [2.05, 4.69) is 68.4 Å². The van der Waals surface area contributed by atoms with Crippen LogP contribution in [0, 0.1) is 6.92 Å². The van der Waals surface area contributed by atoms with Crippen LogP contribution >= 0.6 is 54.8 Å². The summed E-state index contributed by atoms with van der Waals surface area (Å²) < 4.78 is 0. The standard InChI is InChI=1S/C15H15Br2ClS/c1-11-4-2-3-5-12(11)15(9-16,10-17)8-14-13(18)6-7-19-14/h2-7H,8-10H2,1H3. The molecule has 1 aromatic heterocycles. The van der Waals surface area contributed by atoms with Gasteiger partial charge in [0.05, 0.1) is 5.02 Å². The third kappa shape index (κ3) is 3.26. The summed E-state index contributed by atoms with van der Waals surface area (Å²) in [5, 5.41) is 4.75. The molecule has 0 aliphatic rings. The highest BCUT2D eigenvalue weighted by atomic mass is 79.9. The molecule has 19 heavy (non-hydrogen) atoms. The number of rotatable bonds is 5. The van der Waals surface area contributed by atoms with E-state index in [1.807, 2.05) is 6.07 Å². The first-order valence-electron chi connectivity index (χ1n) is 6.03. The summed E-state index contributed by atoms with van der Waals surface area (Å²) in [7, 11) is 0. The summed E-state index contributed by atoms with van der Waals surface area (Å²) in [6.45, 7) is 2.17. The second kappa shape index (κ2) is 6.75. The molecule has 0 aliphatic heterocycles. The molecule has 0 radical (unpaired) electrons. The Morgan fingerprint density at radius 3 is 2.37 bits per heavy atom. The van der Waals surface area contributed by atoms with E-state index in [4.69, 9.17) is 11.6 Å². The van der Waals surface area contributed by atoms with Crippen LogP contribution in [-0.2, 0) is 11.8 Å². The number of aryl methyl sites for hydroxylation is 1. The average molecular weight is 423 g/mol. The topological polar surface area (TPSA) is 0 Å². The zero-order valence-electron chi connectivity index (χ0n) is 10.6. The van der Waals surface area contributed by atoms with Crippen LogP contribution in [0.3, 0.4) is 0 Å². The summed E-state index contributed by atoms with van der Waals surface area (Å²) in [5.74, 6) is 0. The van der Waals surface area contributed by atoms with Gasteiger partial charge in [-0.25, -0.2) is 0 Å². The largest absolute Gasteiger partial charge is 0.147 e. The minimum Gasteiger partial charge on any atom is -0.147 e. The maximum atomic E-state index is 6.27. The molecule has 0 amide bonds. The van der Waals surface area contributed by atoms with Crippen LogP contribution in [-0.4, -0.2) is 10.7 Å². The third-order valence-electron chi connectivity index (χ3n) is 3.42. The Labute approximate surface area is 140 Å². The van der Waals surface area contributed by atoms with Crippen LogP contribution in [0.25, 0.3) is 0 Å². The highest BCUT2D eigenvalue weighted by molar-refractivity contribution is 9.09. The van der Waals surface area contributed by atoms with Crippen molar-refractivity contribution in [3.8, 4) is 0 Å². The molecule has 2 rings (SSSR count). The van der Waals surface area contributed by atoms with Crippen molar-refractivity contribution in [2.24, 2.45) is 0 Å². The van der Waals surface area contributed by atoms with Gasteiger partial charge in [0, 0.05) is 21.0 Å². The van der Waals surface area contributed by atoms with Gasteiger partial charge in [-0.05, 0) is 35.9 Å². The molecule has 0 atom stereocenters. The van der Waals surface area contributed by atoms with Crippen molar-refractivity contribution in [1.82, 2.24) is 0 Å². The second-order valence-corrected chi connectivity index (χ2v) is 7.26. The van der Waals surface area contributed by atoms with Gasteiger partial charge in [0.1, 0.15) is 0 Å². The van der Waals surface area contributed by atoms with Crippen LogP contribution in [0.4, 0.5) is 0 Å². The molecule has 0 bridgehead atoms. The minimum absolute atomic E-state index is 0.0415. The van der Waals surface area contributed by atoms with Crippen molar-refractivity contribution in [3.63, 3.8) is 0 Å². The number of alkyl halides is 2. The highest BCUT2D eigenvalue weighted by Crippen LogP contribution is 2.37. The second-order valence-electron chi connectivity index (χ2n) is 4.73. The van der Waals surface area contributed by atoms with Gasteiger partial charge in [-0.15, -0.1) is 11.3 Å². The van der Waals surface area contributed by atoms with Crippen molar-refractivity contribution in [2.75, 3.05) is 10.7 Å². The molecule has 0 saturated carbocycles. The van der Waals surface area contributed by atoms with E-state index >= 15 is 0 Å². The number of hydrogen-bond acceptors (Lipinski definition) is 1. The number of benzene rings is 1. The molecule has 2 aromatic rings. The molecular formula is C15H15Br2ClS. The fourth-order valence-electron chi connectivity index (χ4n) is 2.30. The molecule has 0 aliphatic carbocycles. The number of halogens is 3. The quantitative estimate of drug-likeness (QED) is 0.520. The Bertz CT molecular complexity index is 547. The molecular weight excluding hydrogens is 407 g/mol. The first-order valence-corrected chi connectivity index (χ1v) is 9.53. The lowest BCUT2D eigenvalue weighted by Gasteiger charge is -2.32. The molecule has 0 unspecified atom stereocenters. The smallest absolute Gasteiger partial charge is 0.0545 e. The van der Waals surface area contributed by atoms with E-state index in [0.29, 0.717) is 0 Å². The summed E-state index contributed by atoms with van der Waals surface area (Å²) in [5.41, 5.74) is 2.75. The first kappa shape index (κ1) is 15.6. The van der Waals surface area contributed by atoms with E-state index in [0.717, 1.165) is 22.1 Å². The minimum atomic E-state index is 0.0415. The van der Waals surface area contributed by atoms with Crippen LogP contribution in [0.15, 0.2) is 35.7 Å². The van der Waals surface area contributed by atoms with Gasteiger partial charge in [0.25, 0.3) is 0 Å². The molecule has 102 valence electrons. The van der Waals surface area contributed by atoms with Crippen molar-refractivity contribution in [3.05, 3.63) is 56.7 Å². The maximum absolute atomic E-state index is 6.27. The van der Waals surface area contributed by atoms with Gasteiger partial charge in [-0.1, -0.05) is 67.7 Å². The number of thiophene rings is 1. The van der Waals surface area contributed by atoms with E-state index in [-0.39, 0.29) is 5.41 Å². The lowest BCUT2D eigenvalue weighted by Crippen LogP contribution is -2.33. The zero-order valence-corrected chi connectivity index (χ0v) is 15.4. The summed E-state index contributed by atoms with van der Waals surface area (Å²) in [4.78, 5) is 1.25. The van der Waals surface area contributed by atoms with Crippen LogP contribution in [0.5, 0.6) is 0 Å². The van der Waals surface area contributed by atoms with E-state index < -0.39 is 0 Å². The van der Waals surface area contributed by atoms with E-state index in [1.165, 1.54) is 16.0 Å². The Morgan fingerprint density at radius 1 is 1.16 bits per heavy atom. The van der Waals surface area contributed by atoms with Crippen LogP contribution in [0.2, 0.25) is 5.02 Å². The zero-order chi connectivity index (χ0) is 13.9. The SMILES string of the molecule is Cc1ccccc1C(CBr)(CBr)Cc1sccc1Cl. The molecule has 0 N–H and O–H groups in total. The molecule has 0 nitrogen and oxygen atoms in total. The average Bonchev–Trinajstić information content (AvgIpc) is 2.82. The normalized spacial score (nSPS) is 11.8. The molecule has 0 spiro atoms. The van der Waals surface area contributed by atoms with Gasteiger partial charge in [-0.3, -0.25) is 0 Å².